The number of rotatable bonds is 4. The van der Waals surface area contributed by atoms with Crippen molar-refractivity contribution < 1.29 is 13.2 Å². The minimum Gasteiger partial charge on any atom is -0.353 e. The van der Waals surface area contributed by atoms with Crippen molar-refractivity contribution in [3.05, 3.63) is 53.2 Å². The zero-order valence-corrected chi connectivity index (χ0v) is 20.1. The molecule has 4 rings (SSSR count). The van der Waals surface area contributed by atoms with E-state index in [2.05, 4.69) is 22.9 Å². The molecule has 2 aliphatic rings. The third-order valence-electron chi connectivity index (χ3n) is 6.46. The first kappa shape index (κ1) is 22.6. The van der Waals surface area contributed by atoms with Gasteiger partial charge in [0, 0.05) is 44.0 Å². The largest absolute Gasteiger partial charge is 0.353 e. The second-order valence-electron chi connectivity index (χ2n) is 9.19. The van der Waals surface area contributed by atoms with Crippen molar-refractivity contribution in [3.63, 3.8) is 0 Å². The van der Waals surface area contributed by atoms with E-state index in [0.29, 0.717) is 30.8 Å². The Morgan fingerprint density at radius 2 is 1.72 bits per heavy atom. The van der Waals surface area contributed by atoms with Gasteiger partial charge in [0.1, 0.15) is 5.82 Å². The van der Waals surface area contributed by atoms with E-state index in [1.54, 1.807) is 28.6 Å². The van der Waals surface area contributed by atoms with Gasteiger partial charge in [0.2, 0.25) is 10.0 Å². The number of pyridine rings is 1. The van der Waals surface area contributed by atoms with Crippen LogP contribution in [-0.2, 0) is 10.0 Å². The average Bonchev–Trinajstić information content (AvgIpc) is 3.09. The van der Waals surface area contributed by atoms with E-state index in [4.69, 9.17) is 0 Å². The molecule has 2 aromatic rings. The van der Waals surface area contributed by atoms with E-state index in [-0.39, 0.29) is 23.6 Å². The van der Waals surface area contributed by atoms with Gasteiger partial charge in [0.05, 0.1) is 11.4 Å². The Morgan fingerprint density at radius 3 is 2.31 bits per heavy atom. The second kappa shape index (κ2) is 8.73. The lowest BCUT2D eigenvalue weighted by atomic mass is 10.0. The van der Waals surface area contributed by atoms with Gasteiger partial charge in [0.15, 0.2) is 0 Å². The van der Waals surface area contributed by atoms with Crippen LogP contribution in [0.2, 0.25) is 0 Å². The topological polar surface area (TPSA) is 73.8 Å². The molecule has 2 fully saturated rings. The smallest absolute Gasteiger partial charge is 0.253 e. The number of hydrogen-bond acceptors (Lipinski definition) is 5. The van der Waals surface area contributed by atoms with Crippen molar-refractivity contribution in [1.82, 2.24) is 9.88 Å². The van der Waals surface area contributed by atoms with Crippen LogP contribution < -0.4 is 9.21 Å². The SMILES string of the molecule is Cc1cnc(N2CCN(C(=O)c3ccc(N4[C@H](C(C)C)CCS4(=O)=O)cc3)CC2)c(C)c1. The summed E-state index contributed by atoms with van der Waals surface area (Å²) in [6.45, 7) is 10.9. The highest BCUT2D eigenvalue weighted by Gasteiger charge is 2.39. The number of nitrogens with zero attached hydrogens (tertiary/aromatic N) is 4. The summed E-state index contributed by atoms with van der Waals surface area (Å²) in [5.74, 6) is 1.38. The van der Waals surface area contributed by atoms with E-state index in [9.17, 15) is 13.2 Å². The molecule has 32 heavy (non-hydrogen) atoms. The molecule has 1 atom stereocenters. The van der Waals surface area contributed by atoms with Gasteiger partial charge >= 0.3 is 0 Å². The third-order valence-corrected chi connectivity index (χ3v) is 8.30. The summed E-state index contributed by atoms with van der Waals surface area (Å²) in [5.41, 5.74) is 3.52. The molecule has 0 saturated carbocycles. The molecule has 0 bridgehead atoms. The van der Waals surface area contributed by atoms with Crippen molar-refractivity contribution in [2.45, 2.75) is 40.2 Å². The maximum atomic E-state index is 13.0. The molecule has 1 aromatic carbocycles. The molecule has 0 radical (unpaired) electrons. The van der Waals surface area contributed by atoms with Crippen LogP contribution in [-0.4, -0.2) is 62.2 Å². The van der Waals surface area contributed by atoms with Gasteiger partial charge in [-0.1, -0.05) is 19.9 Å². The summed E-state index contributed by atoms with van der Waals surface area (Å²) >= 11 is 0. The first-order chi connectivity index (χ1) is 15.2. The highest BCUT2D eigenvalue weighted by atomic mass is 32.2. The van der Waals surface area contributed by atoms with E-state index < -0.39 is 10.0 Å². The molecule has 8 heteroatoms. The van der Waals surface area contributed by atoms with Gasteiger partial charge < -0.3 is 9.80 Å². The lowest BCUT2D eigenvalue weighted by Gasteiger charge is -2.36. The van der Waals surface area contributed by atoms with Crippen molar-refractivity contribution in [3.8, 4) is 0 Å². The summed E-state index contributed by atoms with van der Waals surface area (Å²) in [6, 6.07) is 9.13. The Bertz CT molecular complexity index is 1090. The van der Waals surface area contributed by atoms with Crippen LogP contribution in [0.15, 0.2) is 36.5 Å². The van der Waals surface area contributed by atoms with Crippen molar-refractivity contribution >= 4 is 27.4 Å². The number of piperazine rings is 1. The first-order valence-corrected chi connectivity index (χ1v) is 12.9. The average molecular weight is 457 g/mol. The van der Waals surface area contributed by atoms with Crippen LogP contribution >= 0.6 is 0 Å². The Labute approximate surface area is 191 Å². The fourth-order valence-corrected chi connectivity index (χ4v) is 6.68. The fourth-order valence-electron chi connectivity index (χ4n) is 4.74. The van der Waals surface area contributed by atoms with Crippen LogP contribution in [0.25, 0.3) is 0 Å². The molecule has 2 aliphatic heterocycles. The molecule has 0 N–H and O–H groups in total. The molecule has 1 aromatic heterocycles. The number of aromatic nitrogens is 1. The van der Waals surface area contributed by atoms with E-state index in [0.717, 1.165) is 30.0 Å². The van der Waals surface area contributed by atoms with Crippen LogP contribution in [0, 0.1) is 19.8 Å². The maximum absolute atomic E-state index is 13.0. The zero-order valence-electron chi connectivity index (χ0n) is 19.3. The molecule has 3 heterocycles. The predicted molar refractivity (Wildman–Crippen MR) is 128 cm³/mol. The van der Waals surface area contributed by atoms with Crippen LogP contribution in [0.4, 0.5) is 11.5 Å². The highest BCUT2D eigenvalue weighted by molar-refractivity contribution is 7.93. The first-order valence-electron chi connectivity index (χ1n) is 11.3. The molecular weight excluding hydrogens is 424 g/mol. The quantitative estimate of drug-likeness (QED) is 0.706. The molecule has 1 amide bonds. The molecule has 0 unspecified atom stereocenters. The van der Waals surface area contributed by atoms with Gasteiger partial charge in [-0.15, -0.1) is 0 Å². The standard InChI is InChI=1S/C24H32N4O3S/c1-17(2)22-9-14-32(30,31)28(22)21-7-5-20(6-8-21)24(29)27-12-10-26(11-13-27)23-19(4)15-18(3)16-25-23/h5-8,15-17,22H,9-14H2,1-4H3/t22-/m0/s1. The number of anilines is 2. The lowest BCUT2D eigenvalue weighted by Crippen LogP contribution is -2.49. The van der Waals surface area contributed by atoms with E-state index in [1.165, 1.54) is 0 Å². The molecule has 172 valence electrons. The van der Waals surface area contributed by atoms with Gasteiger partial charge in [-0.05, 0) is 61.6 Å². The fraction of sp³-hybridized carbons (Fsp3) is 0.500. The number of hydrogen-bond donors (Lipinski definition) is 0. The van der Waals surface area contributed by atoms with Gasteiger partial charge in [-0.2, -0.15) is 0 Å². The summed E-state index contributed by atoms with van der Waals surface area (Å²) in [6.07, 6.45) is 2.52. The number of sulfonamides is 1. The van der Waals surface area contributed by atoms with Crippen molar-refractivity contribution in [2.75, 3.05) is 41.1 Å². The van der Waals surface area contributed by atoms with Crippen LogP contribution in [0.5, 0.6) is 0 Å². The van der Waals surface area contributed by atoms with Crippen LogP contribution in [0.3, 0.4) is 0 Å². The predicted octanol–water partition coefficient (Wildman–Crippen LogP) is 3.23. The van der Waals surface area contributed by atoms with Gasteiger partial charge in [-0.25, -0.2) is 13.4 Å². The second-order valence-corrected chi connectivity index (χ2v) is 11.2. The van der Waals surface area contributed by atoms with Gasteiger partial charge in [-0.3, -0.25) is 9.10 Å². The third kappa shape index (κ3) is 4.33. The Balaban J connectivity index is 1.43. The normalized spacial score (nSPS) is 20.8. The Hall–Kier alpha value is -2.61. The Kier molecular flexibility index (Phi) is 6.16. The van der Waals surface area contributed by atoms with Gasteiger partial charge in [0.25, 0.3) is 5.91 Å². The molecule has 0 spiro atoms. The number of carbonyl (C=O) groups excluding carboxylic acids is 1. The van der Waals surface area contributed by atoms with Crippen LogP contribution in [0.1, 0.15) is 41.8 Å². The summed E-state index contributed by atoms with van der Waals surface area (Å²) in [5, 5.41) is 0. The maximum Gasteiger partial charge on any atom is 0.253 e. The number of amides is 1. The minimum atomic E-state index is -3.30. The van der Waals surface area contributed by atoms with E-state index >= 15 is 0 Å². The molecule has 2 saturated heterocycles. The lowest BCUT2D eigenvalue weighted by molar-refractivity contribution is 0.0746. The number of benzene rings is 1. The molecule has 0 aliphatic carbocycles. The highest BCUT2D eigenvalue weighted by Crippen LogP contribution is 2.33. The number of aryl methyl sites for hydroxylation is 2. The minimum absolute atomic E-state index is 0.0190. The Morgan fingerprint density at radius 1 is 1.06 bits per heavy atom. The zero-order chi connectivity index (χ0) is 23.0. The summed E-state index contributed by atoms with van der Waals surface area (Å²) < 4.78 is 26.7. The number of carbonyl (C=O) groups is 1. The summed E-state index contributed by atoms with van der Waals surface area (Å²) in [7, 11) is -3.30. The monoisotopic (exact) mass is 456 g/mol. The van der Waals surface area contributed by atoms with Crippen molar-refractivity contribution in [2.24, 2.45) is 5.92 Å². The van der Waals surface area contributed by atoms with E-state index in [1.807, 2.05) is 31.9 Å². The summed E-state index contributed by atoms with van der Waals surface area (Å²) in [4.78, 5) is 21.7. The van der Waals surface area contributed by atoms with Crippen molar-refractivity contribution in [1.29, 1.82) is 0 Å². The molecular formula is C24H32N4O3S. The molecule has 7 nitrogen and oxygen atoms in total.